The molecule has 0 bridgehead atoms. The molecule has 1 saturated heterocycles. The summed E-state index contributed by atoms with van der Waals surface area (Å²) in [6, 6.07) is 14.5. The number of methoxy groups -OCH3 is 1. The maximum absolute atomic E-state index is 12.7. The lowest BCUT2D eigenvalue weighted by Crippen LogP contribution is -2.54. The summed E-state index contributed by atoms with van der Waals surface area (Å²) in [5.74, 6) is 0.377. The van der Waals surface area contributed by atoms with E-state index in [0.29, 0.717) is 18.1 Å². The zero-order valence-electron chi connectivity index (χ0n) is 17.2. The Balaban J connectivity index is 1.48. The molecule has 7 heteroatoms. The van der Waals surface area contributed by atoms with E-state index in [0.717, 1.165) is 30.1 Å². The van der Waals surface area contributed by atoms with Crippen LogP contribution in [0.3, 0.4) is 0 Å². The summed E-state index contributed by atoms with van der Waals surface area (Å²) in [6.45, 7) is 4.37. The van der Waals surface area contributed by atoms with Gasteiger partial charge in [-0.25, -0.2) is 0 Å². The van der Waals surface area contributed by atoms with Crippen LogP contribution in [0.4, 0.5) is 5.69 Å². The summed E-state index contributed by atoms with van der Waals surface area (Å²) in [5.41, 5.74) is 1.93. The molecule has 0 radical (unpaired) electrons. The summed E-state index contributed by atoms with van der Waals surface area (Å²) in [7, 11) is 1.60. The quantitative estimate of drug-likeness (QED) is 0.719. The third-order valence-electron chi connectivity index (χ3n) is 5.04. The van der Waals surface area contributed by atoms with E-state index in [1.165, 1.54) is 6.08 Å². The van der Waals surface area contributed by atoms with Crippen LogP contribution in [-0.4, -0.2) is 56.0 Å². The van der Waals surface area contributed by atoms with Crippen LogP contribution in [0, 0.1) is 0 Å². The fourth-order valence-corrected chi connectivity index (χ4v) is 3.53. The summed E-state index contributed by atoms with van der Waals surface area (Å²) in [4.78, 5) is 28.9. The fourth-order valence-electron chi connectivity index (χ4n) is 3.34. The molecule has 2 amide bonds. The normalized spacial score (nSPS) is 15.2. The van der Waals surface area contributed by atoms with Crippen LogP contribution in [0.2, 0.25) is 5.02 Å². The Kier molecular flexibility index (Phi) is 7.36. The largest absolute Gasteiger partial charge is 0.497 e. The summed E-state index contributed by atoms with van der Waals surface area (Å²) in [5, 5.41) is 3.45. The number of rotatable bonds is 6. The van der Waals surface area contributed by atoms with Gasteiger partial charge in [-0.1, -0.05) is 29.8 Å². The SMILES string of the molecule is COc1ccc(C=CC(=O)NC(C)C(=O)N2CCN(c3cccc(Cl)c3)CC2)cc1. The molecule has 0 spiro atoms. The minimum absolute atomic E-state index is 0.0769. The van der Waals surface area contributed by atoms with Crippen molar-refractivity contribution in [3.05, 3.63) is 65.2 Å². The minimum atomic E-state index is -0.587. The van der Waals surface area contributed by atoms with Crippen molar-refractivity contribution in [3.8, 4) is 5.75 Å². The number of amides is 2. The molecular weight excluding hydrogens is 402 g/mol. The van der Waals surface area contributed by atoms with E-state index in [9.17, 15) is 9.59 Å². The smallest absolute Gasteiger partial charge is 0.244 e. The van der Waals surface area contributed by atoms with Crippen molar-refractivity contribution >= 4 is 35.2 Å². The number of benzene rings is 2. The maximum atomic E-state index is 12.7. The molecule has 1 unspecified atom stereocenters. The van der Waals surface area contributed by atoms with Crippen molar-refractivity contribution in [2.75, 3.05) is 38.2 Å². The molecule has 1 N–H and O–H groups in total. The van der Waals surface area contributed by atoms with Crippen LogP contribution in [-0.2, 0) is 9.59 Å². The number of piperazine rings is 1. The maximum Gasteiger partial charge on any atom is 0.244 e. The van der Waals surface area contributed by atoms with Crippen LogP contribution in [0.25, 0.3) is 6.08 Å². The van der Waals surface area contributed by atoms with Crippen molar-refractivity contribution in [3.63, 3.8) is 0 Å². The number of halogens is 1. The number of ether oxygens (including phenoxy) is 1. The van der Waals surface area contributed by atoms with Gasteiger partial charge in [0.15, 0.2) is 0 Å². The molecular formula is C23H26ClN3O3. The molecule has 3 rings (SSSR count). The Morgan fingerprint density at radius 1 is 1.10 bits per heavy atom. The number of nitrogens with zero attached hydrogens (tertiary/aromatic N) is 2. The van der Waals surface area contributed by atoms with Gasteiger partial charge in [-0.15, -0.1) is 0 Å². The van der Waals surface area contributed by atoms with Gasteiger partial charge >= 0.3 is 0 Å². The van der Waals surface area contributed by atoms with Gasteiger partial charge in [0.25, 0.3) is 0 Å². The first-order valence-electron chi connectivity index (χ1n) is 9.88. The van der Waals surface area contributed by atoms with Crippen LogP contribution < -0.4 is 15.0 Å². The minimum Gasteiger partial charge on any atom is -0.497 e. The predicted octanol–water partition coefficient (Wildman–Crippen LogP) is 3.22. The lowest BCUT2D eigenvalue weighted by Gasteiger charge is -2.37. The van der Waals surface area contributed by atoms with E-state index in [2.05, 4.69) is 10.2 Å². The van der Waals surface area contributed by atoms with Crippen molar-refractivity contribution in [2.45, 2.75) is 13.0 Å². The van der Waals surface area contributed by atoms with Crippen molar-refractivity contribution in [1.82, 2.24) is 10.2 Å². The van der Waals surface area contributed by atoms with Crippen LogP contribution >= 0.6 is 11.6 Å². The molecule has 6 nitrogen and oxygen atoms in total. The molecule has 1 aliphatic heterocycles. The Hall–Kier alpha value is -2.99. The molecule has 2 aromatic carbocycles. The topological polar surface area (TPSA) is 61.9 Å². The molecule has 0 saturated carbocycles. The van der Waals surface area contributed by atoms with E-state index in [1.807, 2.05) is 48.5 Å². The van der Waals surface area contributed by atoms with Crippen LogP contribution in [0.5, 0.6) is 5.75 Å². The molecule has 0 aromatic heterocycles. The Morgan fingerprint density at radius 2 is 1.80 bits per heavy atom. The molecule has 1 fully saturated rings. The first-order valence-corrected chi connectivity index (χ1v) is 10.3. The van der Waals surface area contributed by atoms with Gasteiger partial charge in [0.05, 0.1) is 7.11 Å². The van der Waals surface area contributed by atoms with Gasteiger partial charge in [-0.3, -0.25) is 9.59 Å². The van der Waals surface area contributed by atoms with Gasteiger partial charge < -0.3 is 19.9 Å². The Bertz CT molecular complexity index is 906. The van der Waals surface area contributed by atoms with Crippen LogP contribution in [0.15, 0.2) is 54.6 Å². The summed E-state index contributed by atoms with van der Waals surface area (Å²) < 4.78 is 5.11. The fraction of sp³-hybridized carbons (Fsp3) is 0.304. The molecule has 0 aliphatic carbocycles. The van der Waals surface area contributed by atoms with Gasteiger partial charge in [0.1, 0.15) is 11.8 Å². The highest BCUT2D eigenvalue weighted by Gasteiger charge is 2.25. The molecule has 1 aliphatic rings. The first kappa shape index (κ1) is 21.7. The first-order chi connectivity index (χ1) is 14.5. The molecule has 30 heavy (non-hydrogen) atoms. The molecule has 158 valence electrons. The second kappa shape index (κ2) is 10.2. The third kappa shape index (κ3) is 5.76. The van der Waals surface area contributed by atoms with Gasteiger partial charge in [-0.05, 0) is 48.9 Å². The monoisotopic (exact) mass is 427 g/mol. The lowest BCUT2D eigenvalue weighted by molar-refractivity contribution is -0.135. The standard InChI is InChI=1S/C23H26ClN3O3/c1-17(25-22(28)11-8-18-6-9-21(30-2)10-7-18)23(29)27-14-12-26(13-15-27)20-5-3-4-19(24)16-20/h3-11,16-17H,12-15H2,1-2H3,(H,25,28). The number of hydrogen-bond acceptors (Lipinski definition) is 4. The second-order valence-corrected chi connectivity index (χ2v) is 7.57. The number of nitrogens with one attached hydrogen (secondary N) is 1. The van der Waals surface area contributed by atoms with Gasteiger partial charge in [0, 0.05) is 43.0 Å². The van der Waals surface area contributed by atoms with Crippen molar-refractivity contribution < 1.29 is 14.3 Å². The number of anilines is 1. The average molecular weight is 428 g/mol. The van der Waals surface area contributed by atoms with Crippen LogP contribution in [0.1, 0.15) is 12.5 Å². The summed E-state index contributed by atoms with van der Waals surface area (Å²) in [6.07, 6.45) is 3.14. The van der Waals surface area contributed by atoms with Gasteiger partial charge in [0.2, 0.25) is 11.8 Å². The number of carbonyl (C=O) groups excluding carboxylic acids is 2. The zero-order chi connectivity index (χ0) is 21.5. The highest BCUT2D eigenvalue weighted by molar-refractivity contribution is 6.30. The van der Waals surface area contributed by atoms with E-state index in [-0.39, 0.29) is 11.8 Å². The van der Waals surface area contributed by atoms with E-state index >= 15 is 0 Å². The highest BCUT2D eigenvalue weighted by atomic mass is 35.5. The van der Waals surface area contributed by atoms with E-state index in [4.69, 9.17) is 16.3 Å². The second-order valence-electron chi connectivity index (χ2n) is 7.13. The number of hydrogen-bond donors (Lipinski definition) is 1. The van der Waals surface area contributed by atoms with E-state index < -0.39 is 6.04 Å². The number of carbonyl (C=O) groups is 2. The molecule has 1 heterocycles. The lowest BCUT2D eigenvalue weighted by atomic mass is 10.2. The molecule has 1 atom stereocenters. The third-order valence-corrected chi connectivity index (χ3v) is 5.27. The summed E-state index contributed by atoms with van der Waals surface area (Å²) >= 11 is 6.07. The van der Waals surface area contributed by atoms with Gasteiger partial charge in [-0.2, -0.15) is 0 Å². The Labute approximate surface area is 182 Å². The van der Waals surface area contributed by atoms with Crippen molar-refractivity contribution in [2.24, 2.45) is 0 Å². The van der Waals surface area contributed by atoms with Crippen molar-refractivity contribution in [1.29, 1.82) is 0 Å². The predicted molar refractivity (Wildman–Crippen MR) is 120 cm³/mol. The zero-order valence-corrected chi connectivity index (χ0v) is 17.9. The highest BCUT2D eigenvalue weighted by Crippen LogP contribution is 2.21. The average Bonchev–Trinajstić information content (AvgIpc) is 2.77. The Morgan fingerprint density at radius 3 is 2.43 bits per heavy atom. The molecule has 2 aromatic rings. The van der Waals surface area contributed by atoms with E-state index in [1.54, 1.807) is 25.0 Å².